The van der Waals surface area contributed by atoms with Crippen LogP contribution >= 0.6 is 15.9 Å². The minimum absolute atomic E-state index is 0.244. The van der Waals surface area contributed by atoms with Gasteiger partial charge in [0.2, 0.25) is 0 Å². The number of methoxy groups -OCH3 is 1. The molecule has 0 aliphatic carbocycles. The fraction of sp³-hybridized carbons (Fsp3) is 0.538. The maximum atomic E-state index is 9.25. The van der Waals surface area contributed by atoms with Gasteiger partial charge >= 0.3 is 0 Å². The normalized spacial score (nSPS) is 12.8. The summed E-state index contributed by atoms with van der Waals surface area (Å²) < 4.78 is 6.30. The summed E-state index contributed by atoms with van der Waals surface area (Å²) in [5.41, 5.74) is 1.19. The first-order valence-corrected chi connectivity index (χ1v) is 6.51. The van der Waals surface area contributed by atoms with E-state index in [9.17, 15) is 5.11 Å². The van der Waals surface area contributed by atoms with Gasteiger partial charge in [0.15, 0.2) is 0 Å². The van der Waals surface area contributed by atoms with Gasteiger partial charge in [-0.25, -0.2) is 0 Å². The number of rotatable bonds is 6. The molecule has 1 aromatic carbocycles. The predicted octanol–water partition coefficient (Wildman–Crippen LogP) is 2.66. The highest BCUT2D eigenvalue weighted by molar-refractivity contribution is 9.10. The Balaban J connectivity index is 2.60. The fourth-order valence-corrected chi connectivity index (χ4v) is 1.95. The molecule has 3 nitrogen and oxygen atoms in total. The second-order valence-electron chi connectivity index (χ2n) is 4.33. The number of hydrogen-bond acceptors (Lipinski definition) is 3. The standard InChI is InChI=1S/C13H20BrNO2/c1-10(16)6-7-15(2)9-11-8-12(17-3)4-5-13(11)14/h4-5,8,10,16H,6-7,9H2,1-3H3. The predicted molar refractivity (Wildman–Crippen MR) is 73.3 cm³/mol. The highest BCUT2D eigenvalue weighted by Gasteiger charge is 2.07. The molecule has 0 amide bonds. The van der Waals surface area contributed by atoms with Crippen molar-refractivity contribution in [2.45, 2.75) is 26.0 Å². The van der Waals surface area contributed by atoms with Gasteiger partial charge in [0.05, 0.1) is 13.2 Å². The second kappa shape index (κ2) is 6.99. The summed E-state index contributed by atoms with van der Waals surface area (Å²) >= 11 is 3.54. The third kappa shape index (κ3) is 5.06. The van der Waals surface area contributed by atoms with E-state index in [1.54, 1.807) is 7.11 Å². The molecule has 17 heavy (non-hydrogen) atoms. The average molecular weight is 302 g/mol. The molecule has 1 N–H and O–H groups in total. The maximum Gasteiger partial charge on any atom is 0.119 e. The molecule has 1 rings (SSSR count). The van der Waals surface area contributed by atoms with E-state index >= 15 is 0 Å². The van der Waals surface area contributed by atoms with Crippen LogP contribution in [0.15, 0.2) is 22.7 Å². The summed E-state index contributed by atoms with van der Waals surface area (Å²) in [7, 11) is 3.72. The number of nitrogens with zero attached hydrogens (tertiary/aromatic N) is 1. The van der Waals surface area contributed by atoms with Crippen LogP contribution in [0, 0.1) is 0 Å². The Hall–Kier alpha value is -0.580. The van der Waals surface area contributed by atoms with Crippen molar-refractivity contribution in [1.82, 2.24) is 4.90 Å². The monoisotopic (exact) mass is 301 g/mol. The van der Waals surface area contributed by atoms with Crippen molar-refractivity contribution < 1.29 is 9.84 Å². The Morgan fingerprint density at radius 2 is 2.18 bits per heavy atom. The van der Waals surface area contributed by atoms with E-state index in [2.05, 4.69) is 20.8 Å². The molecule has 0 aromatic heterocycles. The smallest absolute Gasteiger partial charge is 0.119 e. The van der Waals surface area contributed by atoms with Crippen molar-refractivity contribution in [2.75, 3.05) is 20.7 Å². The molecular weight excluding hydrogens is 282 g/mol. The molecule has 0 saturated heterocycles. The lowest BCUT2D eigenvalue weighted by Crippen LogP contribution is -2.22. The molecule has 0 spiro atoms. The summed E-state index contributed by atoms with van der Waals surface area (Å²) in [6.07, 6.45) is 0.546. The van der Waals surface area contributed by atoms with E-state index < -0.39 is 0 Å². The topological polar surface area (TPSA) is 32.7 Å². The zero-order chi connectivity index (χ0) is 12.8. The van der Waals surface area contributed by atoms with Crippen LogP contribution in [0.1, 0.15) is 18.9 Å². The number of ether oxygens (including phenoxy) is 1. The lowest BCUT2D eigenvalue weighted by atomic mass is 10.2. The maximum absolute atomic E-state index is 9.25. The van der Waals surface area contributed by atoms with Gasteiger partial charge in [-0.2, -0.15) is 0 Å². The van der Waals surface area contributed by atoms with Gasteiger partial charge in [-0.1, -0.05) is 15.9 Å². The zero-order valence-corrected chi connectivity index (χ0v) is 12.2. The van der Waals surface area contributed by atoms with Gasteiger partial charge < -0.3 is 14.7 Å². The molecule has 0 saturated carbocycles. The average Bonchev–Trinajstić information content (AvgIpc) is 2.29. The summed E-state index contributed by atoms with van der Waals surface area (Å²) in [4.78, 5) is 2.19. The summed E-state index contributed by atoms with van der Waals surface area (Å²) in [5.74, 6) is 0.868. The van der Waals surface area contributed by atoms with Gasteiger partial charge in [0.1, 0.15) is 5.75 Å². The van der Waals surface area contributed by atoms with Gasteiger partial charge in [-0.15, -0.1) is 0 Å². The molecule has 1 aromatic rings. The molecule has 1 unspecified atom stereocenters. The number of hydrogen-bond donors (Lipinski definition) is 1. The van der Waals surface area contributed by atoms with E-state index in [1.807, 2.05) is 32.2 Å². The third-order valence-corrected chi connectivity index (χ3v) is 3.40. The molecule has 0 radical (unpaired) electrons. The van der Waals surface area contributed by atoms with Gasteiger partial charge in [-0.05, 0) is 44.2 Å². The van der Waals surface area contributed by atoms with Crippen LogP contribution in [0.5, 0.6) is 5.75 Å². The lowest BCUT2D eigenvalue weighted by Gasteiger charge is -2.18. The first kappa shape index (κ1) is 14.5. The Morgan fingerprint density at radius 3 is 2.76 bits per heavy atom. The van der Waals surface area contributed by atoms with Crippen LogP contribution in [0.4, 0.5) is 0 Å². The lowest BCUT2D eigenvalue weighted by molar-refractivity contribution is 0.163. The minimum atomic E-state index is -0.244. The van der Waals surface area contributed by atoms with Crippen molar-refractivity contribution in [3.05, 3.63) is 28.2 Å². The van der Waals surface area contributed by atoms with Crippen LogP contribution in [0.3, 0.4) is 0 Å². The summed E-state index contributed by atoms with van der Waals surface area (Å²) in [6, 6.07) is 5.96. The molecule has 0 aliphatic heterocycles. The first-order chi connectivity index (χ1) is 8.02. The highest BCUT2D eigenvalue weighted by Crippen LogP contribution is 2.23. The fourth-order valence-electron chi connectivity index (χ4n) is 1.58. The molecule has 0 fully saturated rings. The number of aliphatic hydroxyl groups excluding tert-OH is 1. The molecule has 4 heteroatoms. The van der Waals surface area contributed by atoms with Crippen LogP contribution in [-0.4, -0.2) is 36.8 Å². The Morgan fingerprint density at radius 1 is 1.47 bits per heavy atom. The van der Waals surface area contributed by atoms with Gasteiger partial charge in [0.25, 0.3) is 0 Å². The molecular formula is C13H20BrNO2. The van der Waals surface area contributed by atoms with Crippen molar-refractivity contribution in [3.63, 3.8) is 0 Å². The quantitative estimate of drug-likeness (QED) is 0.877. The van der Waals surface area contributed by atoms with Crippen LogP contribution < -0.4 is 4.74 Å². The Labute approximate surface area is 112 Å². The summed E-state index contributed by atoms with van der Waals surface area (Å²) in [5, 5.41) is 9.25. The number of benzene rings is 1. The molecule has 0 heterocycles. The van der Waals surface area contributed by atoms with E-state index in [0.29, 0.717) is 0 Å². The van der Waals surface area contributed by atoms with Crippen LogP contribution in [-0.2, 0) is 6.54 Å². The molecule has 1 atom stereocenters. The number of aliphatic hydroxyl groups is 1. The van der Waals surface area contributed by atoms with Crippen molar-refractivity contribution in [1.29, 1.82) is 0 Å². The van der Waals surface area contributed by atoms with E-state index in [4.69, 9.17) is 4.74 Å². The highest BCUT2D eigenvalue weighted by atomic mass is 79.9. The van der Waals surface area contributed by atoms with Crippen molar-refractivity contribution >= 4 is 15.9 Å². The Kier molecular flexibility index (Phi) is 5.95. The molecule has 0 bridgehead atoms. The first-order valence-electron chi connectivity index (χ1n) is 5.72. The molecule has 0 aliphatic rings. The second-order valence-corrected chi connectivity index (χ2v) is 5.19. The van der Waals surface area contributed by atoms with Crippen LogP contribution in [0.2, 0.25) is 0 Å². The number of halogens is 1. The third-order valence-electron chi connectivity index (χ3n) is 2.62. The van der Waals surface area contributed by atoms with Crippen LogP contribution in [0.25, 0.3) is 0 Å². The largest absolute Gasteiger partial charge is 0.497 e. The van der Waals surface area contributed by atoms with Gasteiger partial charge in [-0.3, -0.25) is 0 Å². The van der Waals surface area contributed by atoms with E-state index in [0.717, 1.165) is 29.7 Å². The minimum Gasteiger partial charge on any atom is -0.497 e. The summed E-state index contributed by atoms with van der Waals surface area (Å²) in [6.45, 7) is 3.53. The Bertz CT molecular complexity index is 355. The SMILES string of the molecule is COc1ccc(Br)c(CN(C)CCC(C)O)c1. The molecule has 96 valence electrons. The van der Waals surface area contributed by atoms with E-state index in [1.165, 1.54) is 5.56 Å². The van der Waals surface area contributed by atoms with E-state index in [-0.39, 0.29) is 6.10 Å². The zero-order valence-electron chi connectivity index (χ0n) is 10.6. The van der Waals surface area contributed by atoms with Crippen molar-refractivity contribution in [3.8, 4) is 5.75 Å². The van der Waals surface area contributed by atoms with Gasteiger partial charge in [0, 0.05) is 17.6 Å². The van der Waals surface area contributed by atoms with Crippen molar-refractivity contribution in [2.24, 2.45) is 0 Å².